The van der Waals surface area contributed by atoms with Gasteiger partial charge in [-0.1, -0.05) is 6.07 Å². The number of aryl methyl sites for hydroxylation is 2. The van der Waals surface area contributed by atoms with Crippen molar-refractivity contribution in [3.63, 3.8) is 0 Å². The minimum atomic E-state index is -0.634. The van der Waals surface area contributed by atoms with Gasteiger partial charge < -0.3 is 5.32 Å². The number of nitrogens with one attached hydrogen (secondary N) is 1. The van der Waals surface area contributed by atoms with Crippen LogP contribution in [-0.2, 0) is 0 Å². The Labute approximate surface area is 119 Å². The second-order valence-electron chi connectivity index (χ2n) is 4.44. The maximum Gasteiger partial charge on any atom is 0.295 e. The number of nitro groups is 1. The van der Waals surface area contributed by atoms with Crippen LogP contribution in [0.3, 0.4) is 0 Å². The minimum absolute atomic E-state index is 0.0875. The van der Waals surface area contributed by atoms with Crippen molar-refractivity contribution in [2.24, 2.45) is 0 Å². The van der Waals surface area contributed by atoms with E-state index in [9.17, 15) is 14.5 Å². The lowest BCUT2D eigenvalue weighted by molar-refractivity contribution is -0.384. The zero-order valence-electron chi connectivity index (χ0n) is 11.3. The SMILES string of the molecule is Cc1nc(C)c(C(C)Nc2c(F)cccc2[N+](=O)[O-])s1. The molecule has 0 saturated carbocycles. The predicted octanol–water partition coefficient (Wildman–Crippen LogP) is 3.98. The molecule has 20 heavy (non-hydrogen) atoms. The first kappa shape index (κ1) is 14.4. The Morgan fingerprint density at radius 2 is 2.15 bits per heavy atom. The third kappa shape index (κ3) is 2.77. The summed E-state index contributed by atoms with van der Waals surface area (Å²) in [5.74, 6) is -0.634. The fourth-order valence-corrected chi connectivity index (χ4v) is 2.97. The number of rotatable bonds is 4. The van der Waals surface area contributed by atoms with Gasteiger partial charge in [-0.2, -0.15) is 0 Å². The lowest BCUT2D eigenvalue weighted by Gasteiger charge is -2.15. The molecule has 0 aliphatic rings. The van der Waals surface area contributed by atoms with E-state index >= 15 is 0 Å². The molecule has 1 unspecified atom stereocenters. The van der Waals surface area contributed by atoms with Gasteiger partial charge in [0.15, 0.2) is 5.82 Å². The lowest BCUT2D eigenvalue weighted by atomic mass is 10.2. The standard InChI is InChI=1S/C13H14FN3O2S/c1-7-13(20-9(3)15-7)8(2)16-12-10(14)5-4-6-11(12)17(18)19/h4-6,8,16H,1-3H3. The molecule has 0 aliphatic heterocycles. The quantitative estimate of drug-likeness (QED) is 0.684. The number of benzene rings is 1. The van der Waals surface area contributed by atoms with Crippen molar-refractivity contribution >= 4 is 22.7 Å². The number of nitro benzene ring substituents is 1. The lowest BCUT2D eigenvalue weighted by Crippen LogP contribution is -2.09. The Morgan fingerprint density at radius 1 is 1.45 bits per heavy atom. The van der Waals surface area contributed by atoms with Crippen molar-refractivity contribution in [1.82, 2.24) is 4.98 Å². The average molecular weight is 295 g/mol. The predicted molar refractivity (Wildman–Crippen MR) is 76.7 cm³/mol. The van der Waals surface area contributed by atoms with E-state index in [0.29, 0.717) is 0 Å². The molecule has 106 valence electrons. The molecule has 2 aromatic rings. The molecule has 1 N–H and O–H groups in total. The molecule has 1 heterocycles. The normalized spacial score (nSPS) is 12.2. The molecule has 0 fully saturated rings. The van der Waals surface area contributed by atoms with E-state index in [1.807, 2.05) is 20.8 Å². The van der Waals surface area contributed by atoms with Gasteiger partial charge in [-0.3, -0.25) is 10.1 Å². The fourth-order valence-electron chi connectivity index (χ4n) is 2.04. The number of hydrogen-bond acceptors (Lipinski definition) is 5. The molecule has 7 heteroatoms. The van der Waals surface area contributed by atoms with Gasteiger partial charge in [-0.15, -0.1) is 11.3 Å². The zero-order chi connectivity index (χ0) is 14.9. The summed E-state index contributed by atoms with van der Waals surface area (Å²) >= 11 is 1.50. The minimum Gasteiger partial charge on any atom is -0.370 e. The van der Waals surface area contributed by atoms with E-state index in [1.165, 1.54) is 29.5 Å². The van der Waals surface area contributed by atoms with Crippen molar-refractivity contribution in [3.05, 3.63) is 49.7 Å². The summed E-state index contributed by atoms with van der Waals surface area (Å²) in [6.45, 7) is 5.59. The summed E-state index contributed by atoms with van der Waals surface area (Å²) in [7, 11) is 0. The molecule has 0 saturated heterocycles. The molecule has 5 nitrogen and oxygen atoms in total. The fraction of sp³-hybridized carbons (Fsp3) is 0.308. The van der Waals surface area contributed by atoms with Crippen LogP contribution in [0.5, 0.6) is 0 Å². The number of aromatic nitrogens is 1. The number of nitrogens with zero attached hydrogens (tertiary/aromatic N) is 2. The average Bonchev–Trinajstić information content (AvgIpc) is 2.70. The Morgan fingerprint density at radius 3 is 2.70 bits per heavy atom. The number of hydrogen-bond donors (Lipinski definition) is 1. The van der Waals surface area contributed by atoms with Crippen LogP contribution in [-0.4, -0.2) is 9.91 Å². The summed E-state index contributed by atoms with van der Waals surface area (Å²) in [6, 6.07) is 3.55. The second kappa shape index (κ2) is 5.54. The van der Waals surface area contributed by atoms with Crippen molar-refractivity contribution in [3.8, 4) is 0 Å². The van der Waals surface area contributed by atoms with Crippen LogP contribution < -0.4 is 5.32 Å². The van der Waals surface area contributed by atoms with Crippen LogP contribution in [0, 0.1) is 29.8 Å². The summed E-state index contributed by atoms with van der Waals surface area (Å²) in [4.78, 5) is 15.6. The van der Waals surface area contributed by atoms with E-state index in [2.05, 4.69) is 10.3 Å². The van der Waals surface area contributed by atoms with Gasteiger partial charge in [-0.25, -0.2) is 9.37 Å². The van der Waals surface area contributed by atoms with E-state index in [0.717, 1.165) is 15.6 Å². The number of halogens is 1. The van der Waals surface area contributed by atoms with E-state index < -0.39 is 10.7 Å². The highest BCUT2D eigenvalue weighted by Gasteiger charge is 2.21. The Kier molecular flexibility index (Phi) is 3.99. The molecule has 0 aliphatic carbocycles. The van der Waals surface area contributed by atoms with Crippen molar-refractivity contribution < 1.29 is 9.31 Å². The maximum atomic E-state index is 13.8. The van der Waals surface area contributed by atoms with Crippen molar-refractivity contribution in [1.29, 1.82) is 0 Å². The maximum absolute atomic E-state index is 13.8. The third-order valence-corrected chi connectivity index (χ3v) is 4.14. The molecule has 1 aromatic heterocycles. The van der Waals surface area contributed by atoms with Gasteiger partial charge in [-0.05, 0) is 26.8 Å². The highest BCUT2D eigenvalue weighted by atomic mass is 32.1. The highest BCUT2D eigenvalue weighted by molar-refractivity contribution is 7.11. The van der Waals surface area contributed by atoms with Crippen molar-refractivity contribution in [2.75, 3.05) is 5.32 Å². The van der Waals surface area contributed by atoms with Gasteiger partial charge >= 0.3 is 0 Å². The number of thiazole rings is 1. The number of para-hydroxylation sites is 1. The smallest absolute Gasteiger partial charge is 0.295 e. The van der Waals surface area contributed by atoms with Gasteiger partial charge in [0.1, 0.15) is 5.69 Å². The zero-order valence-corrected chi connectivity index (χ0v) is 12.1. The van der Waals surface area contributed by atoms with Gasteiger partial charge in [0.2, 0.25) is 0 Å². The monoisotopic (exact) mass is 295 g/mol. The van der Waals surface area contributed by atoms with Crippen LogP contribution in [0.15, 0.2) is 18.2 Å². The molecule has 0 radical (unpaired) electrons. The molecule has 1 aromatic carbocycles. The molecule has 0 bridgehead atoms. The molecule has 0 spiro atoms. The third-order valence-electron chi connectivity index (χ3n) is 2.88. The summed E-state index contributed by atoms with van der Waals surface area (Å²) < 4.78 is 13.8. The van der Waals surface area contributed by atoms with Crippen LogP contribution in [0.4, 0.5) is 15.8 Å². The van der Waals surface area contributed by atoms with Crippen molar-refractivity contribution in [2.45, 2.75) is 26.8 Å². The first-order valence-electron chi connectivity index (χ1n) is 6.03. The van der Waals surface area contributed by atoms with E-state index in [-0.39, 0.29) is 17.4 Å². The summed E-state index contributed by atoms with van der Waals surface area (Å²) in [5.41, 5.74) is 0.498. The van der Waals surface area contributed by atoms with Gasteiger partial charge in [0, 0.05) is 10.9 Å². The largest absolute Gasteiger partial charge is 0.370 e. The Hall–Kier alpha value is -2.02. The summed E-state index contributed by atoms with van der Waals surface area (Å²) in [6.07, 6.45) is 0. The van der Waals surface area contributed by atoms with Gasteiger partial charge in [0.05, 0.1) is 21.7 Å². The molecular weight excluding hydrogens is 281 g/mol. The first-order chi connectivity index (χ1) is 9.40. The highest BCUT2D eigenvalue weighted by Crippen LogP contribution is 2.33. The summed E-state index contributed by atoms with van der Waals surface area (Å²) in [5, 5.41) is 14.7. The van der Waals surface area contributed by atoms with Crippen LogP contribution in [0.1, 0.15) is 28.5 Å². The van der Waals surface area contributed by atoms with Crippen LogP contribution in [0.2, 0.25) is 0 Å². The van der Waals surface area contributed by atoms with Crippen LogP contribution in [0.25, 0.3) is 0 Å². The van der Waals surface area contributed by atoms with Crippen LogP contribution >= 0.6 is 11.3 Å². The number of anilines is 1. The van der Waals surface area contributed by atoms with E-state index in [1.54, 1.807) is 0 Å². The van der Waals surface area contributed by atoms with E-state index in [4.69, 9.17) is 0 Å². The second-order valence-corrected chi connectivity index (χ2v) is 5.67. The molecule has 1 atom stereocenters. The Balaban J connectivity index is 2.35. The topological polar surface area (TPSA) is 68.1 Å². The molecule has 0 amide bonds. The van der Waals surface area contributed by atoms with Gasteiger partial charge in [0.25, 0.3) is 5.69 Å². The Bertz CT molecular complexity index is 657. The molecular formula is C13H14FN3O2S. The first-order valence-corrected chi connectivity index (χ1v) is 6.85. The molecule has 2 rings (SSSR count).